The number of methoxy groups -OCH3 is 1. The summed E-state index contributed by atoms with van der Waals surface area (Å²) in [5.74, 6) is 2.74. The lowest BCUT2D eigenvalue weighted by Crippen LogP contribution is -2.08. The summed E-state index contributed by atoms with van der Waals surface area (Å²) in [6.45, 7) is 0. The van der Waals surface area contributed by atoms with Crippen molar-refractivity contribution >= 4 is 27.3 Å². The Hall–Kier alpha value is -4.38. The van der Waals surface area contributed by atoms with Crippen molar-refractivity contribution in [3.63, 3.8) is 0 Å². The Kier molecular flexibility index (Phi) is 4.08. The van der Waals surface area contributed by atoms with E-state index in [9.17, 15) is 4.79 Å². The van der Waals surface area contributed by atoms with Gasteiger partial charge in [-0.1, -0.05) is 30.3 Å². The number of aromatic nitrogens is 2. The van der Waals surface area contributed by atoms with Gasteiger partial charge in [-0.05, 0) is 60.7 Å². The molecule has 0 unspecified atom stereocenters. The number of fused-ring (bicyclic) bond motifs is 2. The molecule has 0 atom stereocenters. The van der Waals surface area contributed by atoms with Gasteiger partial charge in [-0.25, -0.2) is 4.98 Å². The minimum atomic E-state index is -0.0641. The lowest BCUT2D eigenvalue weighted by atomic mass is 10.1. The van der Waals surface area contributed by atoms with E-state index in [2.05, 4.69) is 4.40 Å². The van der Waals surface area contributed by atoms with Gasteiger partial charge in [0.15, 0.2) is 0 Å². The highest BCUT2D eigenvalue weighted by molar-refractivity contribution is 6.06. The number of para-hydroxylation sites is 2. The SMILES string of the molecule is COc1ccc(-c2nc3ccc(Oc4ccccc4)c4c(=O)c5ccccc5n2c34)cc1. The topological polar surface area (TPSA) is 52.8 Å². The Morgan fingerprint density at radius 1 is 0.781 bits per heavy atom. The van der Waals surface area contributed by atoms with Gasteiger partial charge < -0.3 is 9.47 Å². The van der Waals surface area contributed by atoms with Crippen LogP contribution in [0.15, 0.2) is 95.8 Å². The fourth-order valence-electron chi connectivity index (χ4n) is 4.23. The molecule has 32 heavy (non-hydrogen) atoms. The first kappa shape index (κ1) is 18.4. The van der Waals surface area contributed by atoms with Crippen molar-refractivity contribution in [1.29, 1.82) is 0 Å². The van der Waals surface area contributed by atoms with Crippen LogP contribution in [0.4, 0.5) is 0 Å². The third-order valence-electron chi connectivity index (χ3n) is 5.72. The Balaban J connectivity index is 1.71. The Morgan fingerprint density at radius 2 is 1.53 bits per heavy atom. The van der Waals surface area contributed by atoms with Crippen LogP contribution in [0.5, 0.6) is 17.2 Å². The number of benzene rings is 4. The van der Waals surface area contributed by atoms with E-state index in [1.54, 1.807) is 7.11 Å². The maximum atomic E-state index is 13.6. The molecular formula is C27H18N2O3. The monoisotopic (exact) mass is 418 g/mol. The van der Waals surface area contributed by atoms with E-state index < -0.39 is 0 Å². The molecule has 2 aromatic heterocycles. The van der Waals surface area contributed by atoms with Gasteiger partial charge in [0, 0.05) is 10.9 Å². The summed E-state index contributed by atoms with van der Waals surface area (Å²) in [5, 5.41) is 1.15. The van der Waals surface area contributed by atoms with Crippen LogP contribution in [0.2, 0.25) is 0 Å². The Labute approximate surface area is 183 Å². The van der Waals surface area contributed by atoms with Crippen molar-refractivity contribution in [2.45, 2.75) is 0 Å². The van der Waals surface area contributed by atoms with Crippen molar-refractivity contribution in [2.24, 2.45) is 0 Å². The second-order valence-electron chi connectivity index (χ2n) is 7.57. The predicted octanol–water partition coefficient (Wildman–Crippen LogP) is 5.91. The fourth-order valence-corrected chi connectivity index (χ4v) is 4.23. The summed E-state index contributed by atoms with van der Waals surface area (Å²) in [4.78, 5) is 18.5. The second kappa shape index (κ2) is 7.10. The van der Waals surface area contributed by atoms with E-state index >= 15 is 0 Å². The first-order chi connectivity index (χ1) is 15.7. The average Bonchev–Trinajstić information content (AvgIpc) is 3.24. The molecule has 0 saturated heterocycles. The van der Waals surface area contributed by atoms with Gasteiger partial charge >= 0.3 is 0 Å². The molecule has 5 heteroatoms. The lowest BCUT2D eigenvalue weighted by molar-refractivity contribution is 0.415. The third kappa shape index (κ3) is 2.72. The molecule has 0 N–H and O–H groups in total. The van der Waals surface area contributed by atoms with E-state index in [4.69, 9.17) is 14.5 Å². The first-order valence-corrected chi connectivity index (χ1v) is 10.3. The van der Waals surface area contributed by atoms with Gasteiger partial charge in [0.25, 0.3) is 0 Å². The highest BCUT2D eigenvalue weighted by atomic mass is 16.5. The summed E-state index contributed by atoms with van der Waals surface area (Å²) < 4.78 is 13.5. The van der Waals surface area contributed by atoms with E-state index in [0.717, 1.165) is 33.7 Å². The fraction of sp³-hybridized carbons (Fsp3) is 0.0370. The van der Waals surface area contributed by atoms with Gasteiger partial charge in [0.05, 0.1) is 29.0 Å². The number of pyridine rings is 1. The van der Waals surface area contributed by atoms with Gasteiger partial charge in [-0.2, -0.15) is 0 Å². The van der Waals surface area contributed by atoms with Crippen molar-refractivity contribution in [2.75, 3.05) is 7.11 Å². The molecule has 154 valence electrons. The van der Waals surface area contributed by atoms with Crippen molar-refractivity contribution in [3.05, 3.63) is 101 Å². The summed E-state index contributed by atoms with van der Waals surface area (Å²) >= 11 is 0. The second-order valence-corrected chi connectivity index (χ2v) is 7.57. The largest absolute Gasteiger partial charge is 0.497 e. The molecule has 0 saturated carbocycles. The van der Waals surface area contributed by atoms with Gasteiger partial charge in [0.2, 0.25) is 5.43 Å². The number of imidazole rings is 1. The van der Waals surface area contributed by atoms with Crippen molar-refractivity contribution < 1.29 is 9.47 Å². The molecule has 0 bridgehead atoms. The molecule has 0 aliphatic carbocycles. The molecule has 0 spiro atoms. The number of rotatable bonds is 4. The lowest BCUT2D eigenvalue weighted by Gasteiger charge is -2.12. The van der Waals surface area contributed by atoms with Gasteiger partial charge in [-0.15, -0.1) is 0 Å². The molecule has 6 aromatic rings. The molecule has 5 nitrogen and oxygen atoms in total. The molecule has 0 amide bonds. The summed E-state index contributed by atoms with van der Waals surface area (Å²) in [6.07, 6.45) is 0. The normalized spacial score (nSPS) is 11.4. The van der Waals surface area contributed by atoms with Crippen molar-refractivity contribution in [3.8, 4) is 28.6 Å². The maximum absolute atomic E-state index is 13.6. The molecule has 0 aliphatic rings. The highest BCUT2D eigenvalue weighted by Gasteiger charge is 2.21. The van der Waals surface area contributed by atoms with E-state index in [1.165, 1.54) is 0 Å². The van der Waals surface area contributed by atoms with Crippen LogP contribution in [-0.2, 0) is 0 Å². The zero-order valence-corrected chi connectivity index (χ0v) is 17.3. The molecule has 2 heterocycles. The minimum absolute atomic E-state index is 0.0641. The zero-order chi connectivity index (χ0) is 21.7. The van der Waals surface area contributed by atoms with Gasteiger partial charge in [-0.3, -0.25) is 9.20 Å². The number of hydrogen-bond donors (Lipinski definition) is 0. The van der Waals surface area contributed by atoms with Crippen LogP contribution in [0.1, 0.15) is 0 Å². The van der Waals surface area contributed by atoms with E-state index in [1.807, 2.05) is 91.0 Å². The number of nitrogens with zero attached hydrogens (tertiary/aromatic N) is 2. The smallest absolute Gasteiger partial charge is 0.201 e. The van der Waals surface area contributed by atoms with Crippen LogP contribution < -0.4 is 14.9 Å². The quantitative estimate of drug-likeness (QED) is 0.334. The number of hydrogen-bond acceptors (Lipinski definition) is 4. The molecule has 6 rings (SSSR count). The number of ether oxygens (including phenoxy) is 2. The Morgan fingerprint density at radius 3 is 2.31 bits per heavy atom. The van der Waals surface area contributed by atoms with Gasteiger partial charge in [0.1, 0.15) is 23.1 Å². The maximum Gasteiger partial charge on any atom is 0.201 e. The highest BCUT2D eigenvalue weighted by Crippen LogP contribution is 2.36. The standard InChI is InChI=1S/C27H18N2O3/c1-31-18-13-11-17(12-14-18)27-28-21-15-16-23(32-19-7-3-2-4-8-19)24-25(21)29(27)22-10-6-5-9-20(22)26(24)30/h2-16H,1H3. The zero-order valence-electron chi connectivity index (χ0n) is 17.3. The first-order valence-electron chi connectivity index (χ1n) is 10.3. The summed E-state index contributed by atoms with van der Waals surface area (Å²) in [7, 11) is 1.64. The van der Waals surface area contributed by atoms with E-state index in [-0.39, 0.29) is 5.43 Å². The van der Waals surface area contributed by atoms with Crippen LogP contribution in [0.25, 0.3) is 38.7 Å². The average molecular weight is 418 g/mol. The third-order valence-corrected chi connectivity index (χ3v) is 5.72. The summed E-state index contributed by atoms with van der Waals surface area (Å²) in [6, 6.07) is 28.6. The molecule has 0 radical (unpaired) electrons. The predicted molar refractivity (Wildman–Crippen MR) is 126 cm³/mol. The summed E-state index contributed by atoms with van der Waals surface area (Å²) in [5.41, 5.74) is 3.19. The minimum Gasteiger partial charge on any atom is -0.497 e. The van der Waals surface area contributed by atoms with Crippen molar-refractivity contribution in [1.82, 2.24) is 9.38 Å². The van der Waals surface area contributed by atoms with E-state index in [0.29, 0.717) is 22.3 Å². The molecule has 4 aromatic carbocycles. The molecule has 0 aliphatic heterocycles. The van der Waals surface area contributed by atoms with Crippen LogP contribution in [0.3, 0.4) is 0 Å². The molecule has 0 fully saturated rings. The van der Waals surface area contributed by atoms with Crippen LogP contribution in [0, 0.1) is 0 Å². The van der Waals surface area contributed by atoms with Crippen LogP contribution in [-0.4, -0.2) is 16.5 Å². The Bertz CT molecular complexity index is 1640. The van der Waals surface area contributed by atoms with Crippen LogP contribution >= 0.6 is 0 Å². The molecular weight excluding hydrogens is 400 g/mol.